The zero-order chi connectivity index (χ0) is 14.7. The summed E-state index contributed by atoms with van der Waals surface area (Å²) >= 11 is 0. The summed E-state index contributed by atoms with van der Waals surface area (Å²) < 4.78 is 5.27. The summed E-state index contributed by atoms with van der Waals surface area (Å²) in [6, 6.07) is 0.432. The first-order valence-corrected chi connectivity index (χ1v) is 7.79. The number of ether oxygens (including phenoxy) is 1. The molecule has 0 heterocycles. The van der Waals surface area contributed by atoms with E-state index in [1.807, 2.05) is 0 Å². The standard InChI is InChI=1S/C15H35N3O/c1-6-17(7-2)10-9-11-18(8-3)15(12-16)14(4)13-19-5/h14-15H,6-13,16H2,1-5H3. The average Bonchev–Trinajstić information content (AvgIpc) is 2.42. The Labute approximate surface area is 120 Å². The Morgan fingerprint density at radius 2 is 1.68 bits per heavy atom. The largest absolute Gasteiger partial charge is 0.384 e. The molecule has 2 unspecified atom stereocenters. The van der Waals surface area contributed by atoms with Gasteiger partial charge in [-0.2, -0.15) is 0 Å². The quantitative estimate of drug-likeness (QED) is 0.587. The van der Waals surface area contributed by atoms with E-state index in [0.29, 0.717) is 18.5 Å². The molecular weight excluding hydrogens is 238 g/mol. The Morgan fingerprint density at radius 1 is 1.05 bits per heavy atom. The fourth-order valence-corrected chi connectivity index (χ4v) is 2.71. The molecule has 0 amide bonds. The van der Waals surface area contributed by atoms with Gasteiger partial charge in [0.1, 0.15) is 0 Å². The summed E-state index contributed by atoms with van der Waals surface area (Å²) in [5, 5.41) is 0. The van der Waals surface area contributed by atoms with Crippen molar-refractivity contribution in [2.24, 2.45) is 11.7 Å². The zero-order valence-electron chi connectivity index (χ0n) is 13.7. The topological polar surface area (TPSA) is 41.7 Å². The minimum Gasteiger partial charge on any atom is -0.384 e. The van der Waals surface area contributed by atoms with Gasteiger partial charge in [0.2, 0.25) is 0 Å². The number of rotatable bonds is 12. The molecule has 0 aliphatic carbocycles. The zero-order valence-corrected chi connectivity index (χ0v) is 13.7. The lowest BCUT2D eigenvalue weighted by Gasteiger charge is -2.34. The van der Waals surface area contributed by atoms with Gasteiger partial charge in [-0.05, 0) is 45.1 Å². The predicted molar refractivity (Wildman–Crippen MR) is 83.5 cm³/mol. The lowest BCUT2D eigenvalue weighted by molar-refractivity contribution is 0.0851. The molecule has 0 spiro atoms. The van der Waals surface area contributed by atoms with Crippen molar-refractivity contribution in [2.45, 2.75) is 40.2 Å². The van der Waals surface area contributed by atoms with E-state index in [9.17, 15) is 0 Å². The van der Waals surface area contributed by atoms with E-state index in [4.69, 9.17) is 10.5 Å². The summed E-state index contributed by atoms with van der Waals surface area (Å²) in [6.07, 6.45) is 1.21. The van der Waals surface area contributed by atoms with Crippen molar-refractivity contribution in [2.75, 3.05) is 53.0 Å². The van der Waals surface area contributed by atoms with Crippen LogP contribution in [0.2, 0.25) is 0 Å². The summed E-state index contributed by atoms with van der Waals surface area (Å²) in [5.41, 5.74) is 5.96. The Balaban J connectivity index is 4.22. The van der Waals surface area contributed by atoms with E-state index >= 15 is 0 Å². The van der Waals surface area contributed by atoms with E-state index < -0.39 is 0 Å². The van der Waals surface area contributed by atoms with Crippen molar-refractivity contribution in [3.63, 3.8) is 0 Å². The fourth-order valence-electron chi connectivity index (χ4n) is 2.71. The van der Waals surface area contributed by atoms with Crippen LogP contribution in [0.25, 0.3) is 0 Å². The van der Waals surface area contributed by atoms with Crippen LogP contribution >= 0.6 is 0 Å². The maximum atomic E-state index is 5.96. The van der Waals surface area contributed by atoms with Gasteiger partial charge in [0.15, 0.2) is 0 Å². The Kier molecular flexibility index (Phi) is 11.6. The number of methoxy groups -OCH3 is 1. The highest BCUT2D eigenvalue weighted by Gasteiger charge is 2.21. The monoisotopic (exact) mass is 273 g/mol. The molecule has 2 atom stereocenters. The van der Waals surface area contributed by atoms with Crippen LogP contribution in [-0.2, 0) is 4.74 Å². The third kappa shape index (κ3) is 7.25. The maximum Gasteiger partial charge on any atom is 0.0503 e. The fraction of sp³-hybridized carbons (Fsp3) is 1.00. The first-order valence-electron chi connectivity index (χ1n) is 7.79. The SMILES string of the molecule is CCN(CC)CCCN(CC)C(CN)C(C)COC. The molecule has 0 fully saturated rings. The predicted octanol–water partition coefficient (Wildman–Crippen LogP) is 1.65. The molecule has 2 N–H and O–H groups in total. The van der Waals surface area contributed by atoms with Gasteiger partial charge >= 0.3 is 0 Å². The van der Waals surface area contributed by atoms with Crippen molar-refractivity contribution < 1.29 is 4.74 Å². The number of hydrogen-bond acceptors (Lipinski definition) is 4. The van der Waals surface area contributed by atoms with Crippen molar-refractivity contribution in [3.05, 3.63) is 0 Å². The molecule has 0 bridgehead atoms. The third-order valence-electron chi connectivity index (χ3n) is 4.02. The van der Waals surface area contributed by atoms with E-state index in [1.165, 1.54) is 13.0 Å². The second-order valence-electron chi connectivity index (χ2n) is 5.24. The van der Waals surface area contributed by atoms with Gasteiger partial charge in [-0.15, -0.1) is 0 Å². The Hall–Kier alpha value is -0.160. The summed E-state index contributed by atoms with van der Waals surface area (Å²) in [4.78, 5) is 4.98. The molecule has 0 radical (unpaired) electrons. The van der Waals surface area contributed by atoms with E-state index in [1.54, 1.807) is 7.11 Å². The van der Waals surface area contributed by atoms with Crippen LogP contribution in [0, 0.1) is 5.92 Å². The Morgan fingerprint density at radius 3 is 2.11 bits per heavy atom. The first kappa shape index (κ1) is 18.8. The second-order valence-corrected chi connectivity index (χ2v) is 5.24. The van der Waals surface area contributed by atoms with Crippen molar-refractivity contribution in [1.29, 1.82) is 0 Å². The first-order chi connectivity index (χ1) is 9.14. The summed E-state index contributed by atoms with van der Waals surface area (Å²) in [5.74, 6) is 0.489. The van der Waals surface area contributed by atoms with Crippen LogP contribution in [0.3, 0.4) is 0 Å². The molecule has 4 nitrogen and oxygen atoms in total. The molecule has 0 saturated heterocycles. The van der Waals surface area contributed by atoms with Gasteiger partial charge in [-0.1, -0.05) is 27.7 Å². The summed E-state index contributed by atoms with van der Waals surface area (Å²) in [6.45, 7) is 16.1. The molecule has 0 aliphatic heterocycles. The molecule has 0 aromatic rings. The van der Waals surface area contributed by atoms with Crippen LogP contribution in [0.4, 0.5) is 0 Å². The molecule has 0 aromatic heterocycles. The molecule has 0 aromatic carbocycles. The second kappa shape index (κ2) is 11.6. The van der Waals surface area contributed by atoms with E-state index in [2.05, 4.69) is 37.5 Å². The van der Waals surface area contributed by atoms with Crippen LogP contribution in [0.15, 0.2) is 0 Å². The third-order valence-corrected chi connectivity index (χ3v) is 4.02. The van der Waals surface area contributed by atoms with E-state index in [0.717, 1.165) is 32.8 Å². The highest BCUT2D eigenvalue weighted by molar-refractivity contribution is 4.77. The van der Waals surface area contributed by atoms with Crippen LogP contribution < -0.4 is 5.73 Å². The van der Waals surface area contributed by atoms with Gasteiger partial charge in [-0.3, -0.25) is 4.90 Å². The van der Waals surface area contributed by atoms with Gasteiger partial charge in [0.25, 0.3) is 0 Å². The molecule has 116 valence electrons. The van der Waals surface area contributed by atoms with Crippen molar-refractivity contribution in [1.82, 2.24) is 9.80 Å². The normalized spacial score (nSPS) is 15.2. The summed E-state index contributed by atoms with van der Waals surface area (Å²) in [7, 11) is 1.76. The van der Waals surface area contributed by atoms with Crippen molar-refractivity contribution >= 4 is 0 Å². The lowest BCUT2D eigenvalue weighted by atomic mass is 10.0. The minimum atomic E-state index is 0.432. The molecular formula is C15H35N3O. The lowest BCUT2D eigenvalue weighted by Crippen LogP contribution is -2.47. The average molecular weight is 273 g/mol. The van der Waals surface area contributed by atoms with Crippen LogP contribution in [0.5, 0.6) is 0 Å². The Bertz CT molecular complexity index is 198. The molecule has 0 aliphatic rings. The molecule has 19 heavy (non-hydrogen) atoms. The van der Waals surface area contributed by atoms with Gasteiger partial charge in [0, 0.05) is 19.7 Å². The highest BCUT2D eigenvalue weighted by Crippen LogP contribution is 2.11. The number of nitrogens with zero attached hydrogens (tertiary/aromatic N) is 2. The van der Waals surface area contributed by atoms with Crippen molar-refractivity contribution in [3.8, 4) is 0 Å². The smallest absolute Gasteiger partial charge is 0.0503 e. The molecule has 0 rings (SSSR count). The van der Waals surface area contributed by atoms with E-state index in [-0.39, 0.29) is 0 Å². The maximum absolute atomic E-state index is 5.96. The number of likely N-dealkylation sites (N-methyl/N-ethyl adjacent to an activating group) is 1. The highest BCUT2D eigenvalue weighted by atomic mass is 16.5. The van der Waals surface area contributed by atoms with Gasteiger partial charge < -0.3 is 15.4 Å². The molecule has 4 heteroatoms. The van der Waals surface area contributed by atoms with Gasteiger partial charge in [-0.25, -0.2) is 0 Å². The molecule has 0 saturated carbocycles. The van der Waals surface area contributed by atoms with Gasteiger partial charge in [0.05, 0.1) is 6.61 Å². The number of nitrogens with two attached hydrogens (primary N) is 1. The minimum absolute atomic E-state index is 0.432. The van der Waals surface area contributed by atoms with Crippen LogP contribution in [-0.4, -0.2) is 68.8 Å². The number of hydrogen-bond donors (Lipinski definition) is 1. The van der Waals surface area contributed by atoms with Crippen LogP contribution in [0.1, 0.15) is 34.1 Å².